The molecule has 29 heavy (non-hydrogen) atoms. The second kappa shape index (κ2) is 9.23. The van der Waals surface area contributed by atoms with Crippen molar-refractivity contribution in [1.29, 1.82) is 0 Å². The van der Waals surface area contributed by atoms with Gasteiger partial charge in [-0.15, -0.1) is 0 Å². The second-order valence-corrected chi connectivity index (χ2v) is 9.02. The van der Waals surface area contributed by atoms with Crippen molar-refractivity contribution in [1.82, 2.24) is 0 Å². The first-order valence-electron chi connectivity index (χ1n) is 8.78. The highest BCUT2D eigenvalue weighted by Gasteiger charge is 2.22. The average molecular weight is 440 g/mol. The van der Waals surface area contributed by atoms with E-state index in [1.54, 1.807) is 25.1 Å². The fourth-order valence-corrected chi connectivity index (χ4v) is 4.05. The van der Waals surface area contributed by atoms with Crippen molar-refractivity contribution in [3.63, 3.8) is 0 Å². The fraction of sp³-hybridized carbons (Fsp3) is 0.316. The summed E-state index contributed by atoms with van der Waals surface area (Å²) < 4.78 is 25.6. The van der Waals surface area contributed by atoms with Crippen molar-refractivity contribution in [2.75, 3.05) is 22.4 Å². The van der Waals surface area contributed by atoms with Crippen LogP contribution >= 0.6 is 11.6 Å². The summed E-state index contributed by atoms with van der Waals surface area (Å²) in [6.45, 7) is 3.51. The van der Waals surface area contributed by atoms with Crippen LogP contribution in [0.15, 0.2) is 36.4 Å². The highest BCUT2D eigenvalue weighted by atomic mass is 35.5. The minimum Gasteiger partial charge on any atom is -0.326 e. The largest absolute Gasteiger partial charge is 0.326 e. The summed E-state index contributed by atoms with van der Waals surface area (Å²) in [5.41, 5.74) is 2.07. The maximum atomic E-state index is 12.3. The molecular formula is C19H22ClN3O5S. The van der Waals surface area contributed by atoms with Crippen molar-refractivity contribution in [2.24, 2.45) is 0 Å². The summed E-state index contributed by atoms with van der Waals surface area (Å²) in [5.74, 6) is -0.264. The van der Waals surface area contributed by atoms with Crippen LogP contribution in [0.3, 0.4) is 0 Å². The molecular weight excluding hydrogens is 418 g/mol. The van der Waals surface area contributed by atoms with Gasteiger partial charge in [-0.2, -0.15) is 0 Å². The first-order chi connectivity index (χ1) is 13.5. The molecule has 0 heterocycles. The van der Waals surface area contributed by atoms with Crippen LogP contribution in [0.25, 0.3) is 0 Å². The molecule has 0 spiro atoms. The molecule has 2 rings (SSSR count). The Morgan fingerprint density at radius 3 is 2.45 bits per heavy atom. The molecule has 0 aliphatic heterocycles. The van der Waals surface area contributed by atoms with Crippen molar-refractivity contribution < 1.29 is 18.1 Å². The number of nitro benzene ring substituents is 1. The van der Waals surface area contributed by atoms with Crippen LogP contribution in [-0.4, -0.2) is 32.0 Å². The SMILES string of the molecule is Cc1cc(Cl)ccc1NC(=O)CCCN(c1cc([N+](=O)[O-])ccc1C)S(C)(=O)=O. The van der Waals surface area contributed by atoms with Gasteiger partial charge in [0.25, 0.3) is 5.69 Å². The van der Waals surface area contributed by atoms with Crippen LogP contribution in [-0.2, 0) is 14.8 Å². The molecule has 0 bridgehead atoms. The Hall–Kier alpha value is -2.65. The number of benzene rings is 2. The van der Waals surface area contributed by atoms with E-state index in [2.05, 4.69) is 5.32 Å². The zero-order valence-electron chi connectivity index (χ0n) is 16.3. The molecule has 0 unspecified atom stereocenters. The van der Waals surface area contributed by atoms with Gasteiger partial charge in [0.1, 0.15) is 0 Å². The van der Waals surface area contributed by atoms with Gasteiger partial charge < -0.3 is 5.32 Å². The third-order valence-electron chi connectivity index (χ3n) is 4.30. The maximum Gasteiger partial charge on any atom is 0.271 e. The van der Waals surface area contributed by atoms with E-state index in [0.29, 0.717) is 16.3 Å². The van der Waals surface area contributed by atoms with Gasteiger partial charge in [0.2, 0.25) is 15.9 Å². The number of sulfonamides is 1. The Bertz CT molecular complexity index is 1040. The zero-order chi connectivity index (χ0) is 21.8. The number of nitrogens with zero attached hydrogens (tertiary/aromatic N) is 2. The number of nitro groups is 1. The van der Waals surface area contributed by atoms with Crippen LogP contribution in [0.2, 0.25) is 5.02 Å². The number of hydrogen-bond acceptors (Lipinski definition) is 5. The van der Waals surface area contributed by atoms with Crippen molar-refractivity contribution in [3.05, 3.63) is 62.7 Å². The monoisotopic (exact) mass is 439 g/mol. The summed E-state index contributed by atoms with van der Waals surface area (Å²) in [6.07, 6.45) is 1.36. The molecule has 2 aromatic carbocycles. The van der Waals surface area contributed by atoms with Gasteiger partial charge in [-0.25, -0.2) is 8.42 Å². The minimum atomic E-state index is -3.69. The summed E-state index contributed by atoms with van der Waals surface area (Å²) >= 11 is 5.90. The smallest absolute Gasteiger partial charge is 0.271 e. The van der Waals surface area contributed by atoms with Gasteiger partial charge in [0, 0.05) is 35.8 Å². The van der Waals surface area contributed by atoms with E-state index in [4.69, 9.17) is 11.6 Å². The lowest BCUT2D eigenvalue weighted by molar-refractivity contribution is -0.384. The first-order valence-corrected chi connectivity index (χ1v) is 11.0. The molecule has 156 valence electrons. The molecule has 1 N–H and O–H groups in total. The highest BCUT2D eigenvalue weighted by molar-refractivity contribution is 7.92. The number of anilines is 2. The predicted molar refractivity (Wildman–Crippen MR) is 114 cm³/mol. The normalized spacial score (nSPS) is 11.2. The van der Waals surface area contributed by atoms with Gasteiger partial charge >= 0.3 is 0 Å². The summed E-state index contributed by atoms with van der Waals surface area (Å²) in [7, 11) is -3.69. The number of carbonyl (C=O) groups is 1. The standard InChI is InChI=1S/C19H22ClN3O5S/c1-13-6-8-16(23(25)26)12-18(13)22(29(3,27)28)10-4-5-19(24)21-17-9-7-15(20)11-14(17)2/h6-9,11-12H,4-5,10H2,1-3H3,(H,21,24). The number of aryl methyl sites for hydroxylation is 2. The average Bonchev–Trinajstić information content (AvgIpc) is 2.61. The predicted octanol–water partition coefficient (Wildman–Crippen LogP) is 4.05. The molecule has 0 saturated heterocycles. The Kier molecular flexibility index (Phi) is 7.21. The van der Waals surface area contributed by atoms with Gasteiger partial charge in [-0.1, -0.05) is 17.7 Å². The number of nitrogens with one attached hydrogen (secondary N) is 1. The lowest BCUT2D eigenvalue weighted by atomic mass is 10.1. The van der Waals surface area contributed by atoms with E-state index in [9.17, 15) is 23.3 Å². The minimum absolute atomic E-state index is 0.0217. The van der Waals surface area contributed by atoms with Crippen molar-refractivity contribution in [3.8, 4) is 0 Å². The first kappa shape index (κ1) is 22.6. The molecule has 8 nitrogen and oxygen atoms in total. The van der Waals surface area contributed by atoms with Crippen molar-refractivity contribution in [2.45, 2.75) is 26.7 Å². The molecule has 0 aliphatic carbocycles. The lowest BCUT2D eigenvalue weighted by Crippen LogP contribution is -2.32. The topological polar surface area (TPSA) is 110 Å². The van der Waals surface area contributed by atoms with Crippen LogP contribution in [0, 0.1) is 24.0 Å². The zero-order valence-corrected chi connectivity index (χ0v) is 17.9. The van der Waals surface area contributed by atoms with Gasteiger partial charge in [-0.05, 0) is 49.6 Å². The van der Waals surface area contributed by atoms with E-state index < -0.39 is 14.9 Å². The van der Waals surface area contributed by atoms with E-state index in [-0.39, 0.29) is 36.7 Å². The van der Waals surface area contributed by atoms with E-state index in [0.717, 1.165) is 16.1 Å². The molecule has 0 radical (unpaired) electrons. The molecule has 0 aliphatic rings. The Balaban J connectivity index is 2.10. The number of carbonyl (C=O) groups excluding carboxylic acids is 1. The van der Waals surface area contributed by atoms with Gasteiger partial charge in [0.15, 0.2) is 0 Å². The molecule has 0 aromatic heterocycles. The van der Waals surface area contributed by atoms with Crippen LogP contribution in [0.1, 0.15) is 24.0 Å². The van der Waals surface area contributed by atoms with E-state index >= 15 is 0 Å². The molecule has 10 heteroatoms. The molecule has 0 saturated carbocycles. The number of non-ortho nitro benzene ring substituents is 1. The number of halogens is 1. The lowest BCUT2D eigenvalue weighted by Gasteiger charge is -2.24. The number of hydrogen-bond donors (Lipinski definition) is 1. The summed E-state index contributed by atoms with van der Waals surface area (Å²) in [5, 5.41) is 14.4. The van der Waals surface area contributed by atoms with Crippen molar-refractivity contribution >= 4 is 44.6 Å². The Morgan fingerprint density at radius 1 is 1.17 bits per heavy atom. The quantitative estimate of drug-likeness (QED) is 0.492. The fourth-order valence-electron chi connectivity index (χ4n) is 2.81. The summed E-state index contributed by atoms with van der Waals surface area (Å²) in [6, 6.07) is 9.15. The summed E-state index contributed by atoms with van der Waals surface area (Å²) in [4.78, 5) is 22.7. The Labute approximate surface area is 174 Å². The number of rotatable bonds is 8. The third-order valence-corrected chi connectivity index (χ3v) is 5.72. The van der Waals surface area contributed by atoms with Gasteiger partial charge in [-0.3, -0.25) is 19.2 Å². The van der Waals surface area contributed by atoms with E-state index in [1.807, 2.05) is 6.92 Å². The highest BCUT2D eigenvalue weighted by Crippen LogP contribution is 2.28. The van der Waals surface area contributed by atoms with Crippen LogP contribution < -0.4 is 9.62 Å². The maximum absolute atomic E-state index is 12.3. The molecule has 0 atom stereocenters. The molecule has 1 amide bonds. The molecule has 2 aromatic rings. The molecule has 0 fully saturated rings. The van der Waals surface area contributed by atoms with E-state index in [1.165, 1.54) is 18.2 Å². The number of amides is 1. The van der Waals surface area contributed by atoms with Crippen LogP contribution in [0.5, 0.6) is 0 Å². The van der Waals surface area contributed by atoms with Crippen LogP contribution in [0.4, 0.5) is 17.1 Å². The van der Waals surface area contributed by atoms with Gasteiger partial charge in [0.05, 0.1) is 16.9 Å². The third kappa shape index (κ3) is 6.16. The Morgan fingerprint density at radius 2 is 1.86 bits per heavy atom. The second-order valence-electron chi connectivity index (χ2n) is 6.67.